The van der Waals surface area contributed by atoms with Crippen LogP contribution >= 0.6 is 0 Å². The van der Waals surface area contributed by atoms with Crippen LogP contribution in [0.4, 0.5) is 0 Å². The second kappa shape index (κ2) is 3.60. The number of carbonyl (C=O) groups excluding carboxylic acids is 1. The molecule has 1 rings (SSSR count). The normalized spacial score (nSPS) is 17.5. The predicted molar refractivity (Wildman–Crippen MR) is 45.1 cm³/mol. The van der Waals surface area contributed by atoms with Crippen LogP contribution in [-0.2, 0) is 14.3 Å². The lowest BCUT2D eigenvalue weighted by atomic mass is 10.1. The van der Waals surface area contributed by atoms with Gasteiger partial charge in [-0.2, -0.15) is 0 Å². The molecule has 1 aliphatic carbocycles. The van der Waals surface area contributed by atoms with Crippen LogP contribution in [0.2, 0.25) is 0 Å². The minimum atomic E-state index is -1.22. The van der Waals surface area contributed by atoms with Crippen molar-refractivity contribution in [2.75, 3.05) is 6.61 Å². The SMILES string of the molecule is C=CCCOC(=O)C1(C(=O)O)CC1. The predicted octanol–water partition coefficient (Wildman–Crippen LogP) is 0.970. The molecule has 0 unspecified atom stereocenters. The van der Waals surface area contributed by atoms with E-state index in [0.29, 0.717) is 19.3 Å². The van der Waals surface area contributed by atoms with E-state index in [-0.39, 0.29) is 6.61 Å². The Morgan fingerprint density at radius 2 is 2.15 bits per heavy atom. The van der Waals surface area contributed by atoms with Crippen molar-refractivity contribution in [3.63, 3.8) is 0 Å². The molecule has 72 valence electrons. The summed E-state index contributed by atoms with van der Waals surface area (Å²) in [7, 11) is 0. The molecule has 0 aliphatic heterocycles. The number of carboxylic acids is 1. The molecule has 0 amide bonds. The summed E-state index contributed by atoms with van der Waals surface area (Å²) in [5.74, 6) is -1.68. The van der Waals surface area contributed by atoms with E-state index in [4.69, 9.17) is 9.84 Å². The van der Waals surface area contributed by atoms with Crippen molar-refractivity contribution in [3.8, 4) is 0 Å². The molecule has 0 saturated heterocycles. The monoisotopic (exact) mass is 184 g/mol. The first-order chi connectivity index (χ1) is 6.13. The third-order valence-electron chi connectivity index (χ3n) is 2.11. The average molecular weight is 184 g/mol. The Labute approximate surface area is 76.2 Å². The van der Waals surface area contributed by atoms with Crippen LogP contribution in [0.15, 0.2) is 12.7 Å². The first-order valence-corrected chi connectivity index (χ1v) is 4.15. The number of hydrogen-bond acceptors (Lipinski definition) is 3. The van der Waals surface area contributed by atoms with Crippen LogP contribution < -0.4 is 0 Å². The van der Waals surface area contributed by atoms with E-state index in [9.17, 15) is 9.59 Å². The third-order valence-corrected chi connectivity index (χ3v) is 2.11. The van der Waals surface area contributed by atoms with Crippen molar-refractivity contribution in [1.29, 1.82) is 0 Å². The first kappa shape index (κ1) is 9.77. The Kier molecular flexibility index (Phi) is 2.70. The van der Waals surface area contributed by atoms with Gasteiger partial charge in [0.2, 0.25) is 0 Å². The van der Waals surface area contributed by atoms with Gasteiger partial charge in [-0.15, -0.1) is 6.58 Å². The number of esters is 1. The van der Waals surface area contributed by atoms with Gasteiger partial charge in [0.25, 0.3) is 0 Å². The lowest BCUT2D eigenvalue weighted by Gasteiger charge is -2.08. The number of carbonyl (C=O) groups is 2. The average Bonchev–Trinajstić information content (AvgIpc) is 2.84. The Morgan fingerprint density at radius 3 is 2.54 bits per heavy atom. The standard InChI is InChI=1S/C9H12O4/c1-2-3-6-13-8(12)9(4-5-9)7(10)11/h2H,1,3-6H2,(H,10,11). The summed E-state index contributed by atoms with van der Waals surface area (Å²) in [5.41, 5.74) is -1.22. The highest BCUT2D eigenvalue weighted by atomic mass is 16.5. The summed E-state index contributed by atoms with van der Waals surface area (Å²) < 4.78 is 4.78. The van der Waals surface area contributed by atoms with Crippen molar-refractivity contribution >= 4 is 11.9 Å². The Bertz CT molecular complexity index is 240. The van der Waals surface area contributed by atoms with Gasteiger partial charge in [0.15, 0.2) is 5.41 Å². The molecule has 1 saturated carbocycles. The molecule has 0 bridgehead atoms. The summed E-state index contributed by atoms with van der Waals surface area (Å²) in [5, 5.41) is 8.71. The number of aliphatic carboxylic acids is 1. The van der Waals surface area contributed by atoms with E-state index in [1.54, 1.807) is 6.08 Å². The highest BCUT2D eigenvalue weighted by Crippen LogP contribution is 2.46. The van der Waals surface area contributed by atoms with Crippen LogP contribution in [-0.4, -0.2) is 23.7 Å². The van der Waals surface area contributed by atoms with Crippen LogP contribution in [0.3, 0.4) is 0 Å². The van der Waals surface area contributed by atoms with Gasteiger partial charge in [-0.25, -0.2) is 0 Å². The van der Waals surface area contributed by atoms with E-state index in [0.717, 1.165) is 0 Å². The van der Waals surface area contributed by atoms with Crippen molar-refractivity contribution in [1.82, 2.24) is 0 Å². The van der Waals surface area contributed by atoms with Gasteiger partial charge in [-0.1, -0.05) is 6.08 Å². The quantitative estimate of drug-likeness (QED) is 0.299. The fourth-order valence-corrected chi connectivity index (χ4v) is 1.00. The van der Waals surface area contributed by atoms with Crippen molar-refractivity contribution in [2.45, 2.75) is 19.3 Å². The smallest absolute Gasteiger partial charge is 0.323 e. The van der Waals surface area contributed by atoms with E-state index >= 15 is 0 Å². The lowest BCUT2D eigenvalue weighted by molar-refractivity contribution is -0.160. The third kappa shape index (κ3) is 1.88. The van der Waals surface area contributed by atoms with Crippen molar-refractivity contribution in [3.05, 3.63) is 12.7 Å². The van der Waals surface area contributed by atoms with Gasteiger partial charge >= 0.3 is 11.9 Å². The number of rotatable bonds is 5. The zero-order valence-electron chi connectivity index (χ0n) is 7.28. The molecule has 1 N–H and O–H groups in total. The second-order valence-corrected chi connectivity index (χ2v) is 3.10. The van der Waals surface area contributed by atoms with Crippen molar-refractivity contribution in [2.24, 2.45) is 5.41 Å². The fraction of sp³-hybridized carbons (Fsp3) is 0.556. The lowest BCUT2D eigenvalue weighted by Crippen LogP contribution is -2.27. The molecule has 0 heterocycles. The number of carboxylic acid groups (broad SMARTS) is 1. The van der Waals surface area contributed by atoms with Gasteiger partial charge in [-0.05, 0) is 19.3 Å². The maximum atomic E-state index is 11.2. The minimum Gasteiger partial charge on any atom is -0.480 e. The molecule has 4 heteroatoms. The Hall–Kier alpha value is -1.32. The van der Waals surface area contributed by atoms with E-state index in [2.05, 4.69) is 6.58 Å². The van der Waals surface area contributed by atoms with E-state index in [1.165, 1.54) is 0 Å². The first-order valence-electron chi connectivity index (χ1n) is 4.15. The van der Waals surface area contributed by atoms with Gasteiger partial charge < -0.3 is 9.84 Å². The molecule has 0 aromatic heterocycles. The largest absolute Gasteiger partial charge is 0.480 e. The van der Waals surface area contributed by atoms with E-state index < -0.39 is 17.4 Å². The topological polar surface area (TPSA) is 63.6 Å². The fourth-order valence-electron chi connectivity index (χ4n) is 1.00. The summed E-state index contributed by atoms with van der Waals surface area (Å²) >= 11 is 0. The molecule has 4 nitrogen and oxygen atoms in total. The van der Waals surface area contributed by atoms with Crippen LogP contribution in [0, 0.1) is 5.41 Å². The molecule has 0 spiro atoms. The highest BCUT2D eigenvalue weighted by Gasteiger charge is 2.58. The number of hydrogen-bond donors (Lipinski definition) is 1. The zero-order chi connectivity index (χ0) is 9.90. The Balaban J connectivity index is 2.39. The van der Waals surface area contributed by atoms with Crippen molar-refractivity contribution < 1.29 is 19.4 Å². The molecule has 13 heavy (non-hydrogen) atoms. The van der Waals surface area contributed by atoms with Gasteiger partial charge in [0.05, 0.1) is 6.61 Å². The molecule has 0 aromatic rings. The summed E-state index contributed by atoms with van der Waals surface area (Å²) in [4.78, 5) is 21.8. The van der Waals surface area contributed by atoms with Crippen LogP contribution in [0.1, 0.15) is 19.3 Å². The minimum absolute atomic E-state index is 0.220. The Morgan fingerprint density at radius 1 is 1.54 bits per heavy atom. The highest BCUT2D eigenvalue weighted by molar-refractivity contribution is 6.02. The van der Waals surface area contributed by atoms with Gasteiger partial charge in [-0.3, -0.25) is 9.59 Å². The number of ether oxygens (including phenoxy) is 1. The molecule has 0 radical (unpaired) electrons. The second-order valence-electron chi connectivity index (χ2n) is 3.10. The van der Waals surface area contributed by atoms with Gasteiger partial charge in [0, 0.05) is 0 Å². The van der Waals surface area contributed by atoms with Crippen LogP contribution in [0.5, 0.6) is 0 Å². The molecule has 0 atom stereocenters. The van der Waals surface area contributed by atoms with Gasteiger partial charge in [0.1, 0.15) is 0 Å². The molecular weight excluding hydrogens is 172 g/mol. The summed E-state index contributed by atoms with van der Waals surface area (Å²) in [6, 6.07) is 0. The maximum Gasteiger partial charge on any atom is 0.323 e. The van der Waals surface area contributed by atoms with Crippen LogP contribution in [0.25, 0.3) is 0 Å². The summed E-state index contributed by atoms with van der Waals surface area (Å²) in [6.07, 6.45) is 2.97. The molecular formula is C9H12O4. The molecule has 0 aromatic carbocycles. The zero-order valence-corrected chi connectivity index (χ0v) is 7.28. The molecule has 1 fully saturated rings. The summed E-state index contributed by atoms with van der Waals surface area (Å²) in [6.45, 7) is 3.68. The van der Waals surface area contributed by atoms with E-state index in [1.807, 2.05) is 0 Å². The molecule has 1 aliphatic rings. The maximum absolute atomic E-state index is 11.2.